The van der Waals surface area contributed by atoms with Gasteiger partial charge in [0.15, 0.2) is 0 Å². The largest absolute Gasteiger partial charge is 0.367 e. The van der Waals surface area contributed by atoms with E-state index in [2.05, 4.69) is 11.1 Å². The number of nitriles is 1. The zero-order valence-electron chi connectivity index (χ0n) is 9.15. The molecule has 0 aromatic carbocycles. The van der Waals surface area contributed by atoms with E-state index in [4.69, 9.17) is 5.26 Å². The third-order valence-corrected chi connectivity index (χ3v) is 3.04. The fourth-order valence-corrected chi connectivity index (χ4v) is 2.00. The van der Waals surface area contributed by atoms with E-state index in [1.165, 1.54) is 5.56 Å². The van der Waals surface area contributed by atoms with Crippen molar-refractivity contribution in [3.8, 4) is 6.07 Å². The first-order valence-electron chi connectivity index (χ1n) is 5.58. The maximum absolute atomic E-state index is 11.7. The third kappa shape index (κ3) is 2.43. The van der Waals surface area contributed by atoms with Gasteiger partial charge in [0.25, 0.3) is 0 Å². The Bertz CT molecular complexity index is 391. The molecule has 1 aliphatic heterocycles. The van der Waals surface area contributed by atoms with Crippen LogP contribution in [0.15, 0.2) is 18.5 Å². The molecule has 0 saturated carbocycles. The molecule has 2 heterocycles. The lowest BCUT2D eigenvalue weighted by molar-refractivity contribution is -0.134. The van der Waals surface area contributed by atoms with Crippen LogP contribution >= 0.6 is 0 Å². The second-order valence-corrected chi connectivity index (χ2v) is 4.17. The smallest absolute Gasteiger partial charge is 0.223 e. The predicted octanol–water partition coefficient (Wildman–Crippen LogP) is 1.32. The predicted molar refractivity (Wildman–Crippen MR) is 59.4 cm³/mol. The summed E-state index contributed by atoms with van der Waals surface area (Å²) >= 11 is 0. The minimum atomic E-state index is -0.0731. The molecule has 1 saturated heterocycles. The molecule has 1 fully saturated rings. The maximum atomic E-state index is 11.7. The number of nitrogens with zero attached hydrogens (tertiary/aromatic N) is 2. The second-order valence-electron chi connectivity index (χ2n) is 4.17. The van der Waals surface area contributed by atoms with Crippen LogP contribution in [0, 0.1) is 17.2 Å². The van der Waals surface area contributed by atoms with E-state index >= 15 is 0 Å². The number of hydrogen-bond acceptors (Lipinski definition) is 2. The quantitative estimate of drug-likeness (QED) is 0.830. The first-order chi connectivity index (χ1) is 7.79. The van der Waals surface area contributed by atoms with Crippen molar-refractivity contribution in [2.75, 3.05) is 13.1 Å². The molecular weight excluding hydrogens is 202 g/mol. The summed E-state index contributed by atoms with van der Waals surface area (Å²) in [6.45, 7) is 1.48. The van der Waals surface area contributed by atoms with Crippen molar-refractivity contribution in [1.82, 2.24) is 9.88 Å². The minimum absolute atomic E-state index is 0.0731. The molecule has 4 heteroatoms. The molecule has 1 aliphatic rings. The summed E-state index contributed by atoms with van der Waals surface area (Å²) in [5.41, 5.74) is 1.22. The number of rotatable bonds is 3. The van der Waals surface area contributed by atoms with Crippen LogP contribution in [0.4, 0.5) is 0 Å². The van der Waals surface area contributed by atoms with Crippen LogP contribution in [0.2, 0.25) is 0 Å². The van der Waals surface area contributed by atoms with Gasteiger partial charge in [0.1, 0.15) is 0 Å². The molecule has 1 amide bonds. The summed E-state index contributed by atoms with van der Waals surface area (Å²) in [4.78, 5) is 16.6. The highest BCUT2D eigenvalue weighted by atomic mass is 16.2. The van der Waals surface area contributed by atoms with E-state index in [1.54, 1.807) is 0 Å². The number of aromatic nitrogens is 1. The first kappa shape index (κ1) is 10.7. The van der Waals surface area contributed by atoms with Gasteiger partial charge in [-0.15, -0.1) is 0 Å². The molecule has 1 aromatic rings. The van der Waals surface area contributed by atoms with E-state index in [1.807, 2.05) is 23.4 Å². The van der Waals surface area contributed by atoms with Crippen molar-refractivity contribution >= 4 is 5.91 Å². The van der Waals surface area contributed by atoms with Gasteiger partial charge in [0, 0.05) is 31.9 Å². The van der Waals surface area contributed by atoms with E-state index < -0.39 is 0 Å². The zero-order valence-corrected chi connectivity index (χ0v) is 9.15. The summed E-state index contributed by atoms with van der Waals surface area (Å²) in [6, 6.07) is 4.19. The summed E-state index contributed by atoms with van der Waals surface area (Å²) < 4.78 is 0. The number of aromatic amines is 1. The number of H-pyrrole nitrogens is 1. The number of carbonyl (C=O) groups is 1. The van der Waals surface area contributed by atoms with Crippen molar-refractivity contribution in [2.45, 2.75) is 19.3 Å². The van der Waals surface area contributed by atoms with E-state index in [0.717, 1.165) is 25.9 Å². The van der Waals surface area contributed by atoms with Crippen LogP contribution in [0.1, 0.15) is 18.4 Å². The van der Waals surface area contributed by atoms with Crippen molar-refractivity contribution in [3.63, 3.8) is 0 Å². The highest BCUT2D eigenvalue weighted by Crippen LogP contribution is 2.17. The maximum Gasteiger partial charge on any atom is 0.223 e. The fourth-order valence-electron chi connectivity index (χ4n) is 2.00. The molecule has 0 radical (unpaired) electrons. The average molecular weight is 217 g/mol. The molecule has 4 nitrogen and oxygen atoms in total. The fraction of sp³-hybridized carbons (Fsp3) is 0.500. The molecule has 2 rings (SSSR count). The molecule has 84 valence electrons. The Morgan fingerprint density at radius 3 is 3.12 bits per heavy atom. The Hall–Kier alpha value is -1.76. The highest BCUT2D eigenvalue weighted by Gasteiger charge is 2.24. The molecule has 0 spiro atoms. The van der Waals surface area contributed by atoms with Crippen LogP contribution in [0.3, 0.4) is 0 Å². The Labute approximate surface area is 94.9 Å². The zero-order chi connectivity index (χ0) is 11.4. The Balaban J connectivity index is 1.83. The van der Waals surface area contributed by atoms with Gasteiger partial charge in [-0.3, -0.25) is 4.79 Å². The van der Waals surface area contributed by atoms with Crippen LogP contribution in [0.5, 0.6) is 0 Å². The first-order valence-corrected chi connectivity index (χ1v) is 5.58. The SMILES string of the molecule is N#CC1CCN(CCc2cc[nH]c2)C(=O)C1. The molecule has 1 atom stereocenters. The van der Waals surface area contributed by atoms with Crippen molar-refractivity contribution in [2.24, 2.45) is 5.92 Å². The van der Waals surface area contributed by atoms with Gasteiger partial charge in [0.05, 0.1) is 12.0 Å². The summed E-state index contributed by atoms with van der Waals surface area (Å²) in [7, 11) is 0. The summed E-state index contributed by atoms with van der Waals surface area (Å²) in [5.74, 6) is 0.0457. The van der Waals surface area contributed by atoms with Gasteiger partial charge >= 0.3 is 0 Å². The van der Waals surface area contributed by atoms with E-state index in [0.29, 0.717) is 6.42 Å². The lowest BCUT2D eigenvalue weighted by Crippen LogP contribution is -2.39. The lowest BCUT2D eigenvalue weighted by atomic mass is 9.97. The van der Waals surface area contributed by atoms with E-state index in [9.17, 15) is 4.79 Å². The van der Waals surface area contributed by atoms with Crippen LogP contribution in [0.25, 0.3) is 0 Å². The number of likely N-dealkylation sites (tertiary alicyclic amines) is 1. The number of nitrogens with one attached hydrogen (secondary N) is 1. The van der Waals surface area contributed by atoms with Gasteiger partial charge in [-0.2, -0.15) is 5.26 Å². The van der Waals surface area contributed by atoms with Crippen LogP contribution in [-0.2, 0) is 11.2 Å². The average Bonchev–Trinajstić information content (AvgIpc) is 2.80. The minimum Gasteiger partial charge on any atom is -0.367 e. The molecular formula is C12H15N3O. The third-order valence-electron chi connectivity index (χ3n) is 3.04. The van der Waals surface area contributed by atoms with Crippen molar-refractivity contribution < 1.29 is 4.79 Å². The van der Waals surface area contributed by atoms with Gasteiger partial charge in [-0.1, -0.05) is 0 Å². The van der Waals surface area contributed by atoms with E-state index in [-0.39, 0.29) is 11.8 Å². The van der Waals surface area contributed by atoms with Gasteiger partial charge in [0.2, 0.25) is 5.91 Å². The number of hydrogen-bond donors (Lipinski definition) is 1. The lowest BCUT2D eigenvalue weighted by Gasteiger charge is -2.28. The van der Waals surface area contributed by atoms with Gasteiger partial charge in [-0.05, 0) is 24.5 Å². The normalized spacial score (nSPS) is 20.8. The summed E-state index contributed by atoms with van der Waals surface area (Å²) in [6.07, 6.45) is 5.93. The standard InChI is InChI=1S/C12H15N3O/c13-8-11-3-6-15(12(16)7-11)5-2-10-1-4-14-9-10/h1,4,9,11,14H,2-3,5-7H2. The van der Waals surface area contributed by atoms with Crippen molar-refractivity contribution in [3.05, 3.63) is 24.0 Å². The number of piperidine rings is 1. The number of carbonyl (C=O) groups excluding carboxylic acids is 1. The molecule has 16 heavy (non-hydrogen) atoms. The molecule has 1 N–H and O–H groups in total. The second kappa shape index (κ2) is 4.84. The monoisotopic (exact) mass is 217 g/mol. The highest BCUT2D eigenvalue weighted by molar-refractivity contribution is 5.77. The topological polar surface area (TPSA) is 59.9 Å². The summed E-state index contributed by atoms with van der Waals surface area (Å²) in [5, 5.41) is 8.75. The van der Waals surface area contributed by atoms with Gasteiger partial charge < -0.3 is 9.88 Å². The molecule has 1 aromatic heterocycles. The molecule has 0 bridgehead atoms. The van der Waals surface area contributed by atoms with Gasteiger partial charge in [-0.25, -0.2) is 0 Å². The van der Waals surface area contributed by atoms with Crippen LogP contribution < -0.4 is 0 Å². The Kier molecular flexibility index (Phi) is 3.25. The Morgan fingerprint density at radius 1 is 1.62 bits per heavy atom. The molecule has 1 unspecified atom stereocenters. The molecule has 0 aliphatic carbocycles. The van der Waals surface area contributed by atoms with Crippen molar-refractivity contribution in [1.29, 1.82) is 5.26 Å². The van der Waals surface area contributed by atoms with Crippen LogP contribution in [-0.4, -0.2) is 28.9 Å². The number of amides is 1. The Morgan fingerprint density at radius 2 is 2.50 bits per heavy atom.